The zero-order valence-corrected chi connectivity index (χ0v) is 31.4. The van der Waals surface area contributed by atoms with E-state index in [1.54, 1.807) is 0 Å². The zero-order chi connectivity index (χ0) is 35.5. The summed E-state index contributed by atoms with van der Waals surface area (Å²) in [4.78, 5) is 19.3. The molecular weight excluding hydrogens is 843 g/mol. The molecule has 4 heterocycles. The van der Waals surface area contributed by atoms with E-state index in [2.05, 4.69) is 97.1 Å². The maximum atomic E-state index is 8.53. The van der Waals surface area contributed by atoms with Crippen molar-refractivity contribution in [2.45, 2.75) is 87.1 Å². The normalized spacial score (nSPS) is 29.1. The Hall–Kier alpha value is -4.98. The number of fused-ring (bicyclic) bond motifs is 12. The van der Waals surface area contributed by atoms with Gasteiger partial charge in [-0.25, -0.2) is 20.0 Å². The third-order valence-electron chi connectivity index (χ3n) is 11.5. The molecule has 0 spiro atoms. The van der Waals surface area contributed by atoms with Crippen LogP contribution in [0.5, 0.6) is 0 Å². The third kappa shape index (κ3) is 5.91. The average molecular weight is 879 g/mol. The van der Waals surface area contributed by atoms with Gasteiger partial charge in [-0.05, 0) is 44.5 Å². The van der Waals surface area contributed by atoms with Crippen LogP contribution in [-0.4, -0.2) is 48.0 Å². The van der Waals surface area contributed by atoms with Crippen LogP contribution in [0.2, 0.25) is 0 Å². The summed E-state index contributed by atoms with van der Waals surface area (Å²) in [6.45, 7) is 0. The molecule has 8 atom stereocenters. The largest absolute Gasteiger partial charge is 0.474 e. The van der Waals surface area contributed by atoms with E-state index >= 15 is 0 Å². The molecule has 0 bridgehead atoms. The van der Waals surface area contributed by atoms with Crippen molar-refractivity contribution in [3.05, 3.63) is 142 Å². The number of rotatable bonds is 4. The van der Waals surface area contributed by atoms with E-state index in [-0.39, 0.29) is 48.6 Å². The van der Waals surface area contributed by atoms with Crippen LogP contribution < -0.4 is 0 Å². The quantitative estimate of drug-likeness (QED) is 0.220. The summed E-state index contributed by atoms with van der Waals surface area (Å²) < 4.78 is 41.5. The molecule has 0 saturated carbocycles. The minimum absolute atomic E-state index is 0.147. The molecule has 53 heavy (non-hydrogen) atoms. The first-order valence-electron chi connectivity index (χ1n) is 18.3. The van der Waals surface area contributed by atoms with E-state index in [1.807, 2.05) is 0 Å². The fourth-order valence-corrected chi connectivity index (χ4v) is 9.23. The Bertz CT molecular complexity index is 1980. The summed E-state index contributed by atoms with van der Waals surface area (Å²) in [5.41, 5.74) is 10.7. The molecule has 11 heteroatoms. The molecular formula is C42H36N4O6Re. The second-order valence-corrected chi connectivity index (χ2v) is 15.0. The molecule has 4 aromatic carbocycles. The molecule has 12 rings (SSSR count). The van der Waals surface area contributed by atoms with E-state index in [0.717, 1.165) is 49.3 Å². The molecule has 267 valence electrons. The Balaban J connectivity index is 0.000000123. The van der Waals surface area contributed by atoms with Crippen LogP contribution in [0, 0.1) is 0 Å². The topological polar surface area (TPSA) is 121 Å². The Morgan fingerprint density at radius 1 is 0.415 bits per heavy atom. The molecule has 0 radical (unpaired) electrons. The van der Waals surface area contributed by atoms with Crippen molar-refractivity contribution >= 4 is 23.6 Å². The van der Waals surface area contributed by atoms with Crippen molar-refractivity contribution in [3.63, 3.8) is 0 Å². The minimum Gasteiger partial charge on any atom is -0.474 e. The average Bonchev–Trinajstić information content (AvgIpc) is 4.02. The van der Waals surface area contributed by atoms with Crippen LogP contribution in [0.4, 0.5) is 0 Å². The van der Waals surface area contributed by atoms with Gasteiger partial charge in [0, 0.05) is 25.7 Å². The van der Waals surface area contributed by atoms with Crippen molar-refractivity contribution in [3.8, 4) is 0 Å². The number of nitrogens with zero attached hydrogens (tertiary/aromatic N) is 4. The molecule has 4 aliphatic heterocycles. The fourth-order valence-electron chi connectivity index (χ4n) is 9.23. The van der Waals surface area contributed by atoms with E-state index in [9.17, 15) is 0 Å². The zero-order valence-electron chi connectivity index (χ0n) is 28.7. The van der Waals surface area contributed by atoms with E-state index in [1.165, 1.54) is 44.5 Å². The second kappa shape index (κ2) is 13.5. The first-order chi connectivity index (χ1) is 26.1. The SMILES string of the molecule is [O]=[Re]=[O].c1ccc2c(c1)C[C@@H]1OC(CC3=N[C@@H]4c5ccccc5C[C@@H]4O3)=N[C@H]21.c1ccc2c(c1)C[C@@H]1OC(CC3=N[C@@H]4c5ccccc5C[C@@H]4O3)=N[C@H]21. The summed E-state index contributed by atoms with van der Waals surface area (Å²) in [6, 6.07) is 34.6. The number of hydrogen-bond donors (Lipinski definition) is 0. The Morgan fingerprint density at radius 3 is 0.887 bits per heavy atom. The molecule has 10 nitrogen and oxygen atoms in total. The molecule has 0 N–H and O–H groups in total. The number of benzene rings is 4. The van der Waals surface area contributed by atoms with Crippen LogP contribution >= 0.6 is 0 Å². The fraction of sp³-hybridized carbons (Fsp3) is 0.333. The molecule has 4 aromatic rings. The van der Waals surface area contributed by atoms with Gasteiger partial charge in [-0.1, -0.05) is 97.1 Å². The number of ether oxygens (including phenoxy) is 4. The molecule has 0 amide bonds. The van der Waals surface area contributed by atoms with Crippen LogP contribution in [-0.2, 0) is 69.5 Å². The van der Waals surface area contributed by atoms with Crippen LogP contribution in [0.3, 0.4) is 0 Å². The summed E-state index contributed by atoms with van der Waals surface area (Å²) >= 11 is -2.17. The maximum Gasteiger partial charge on any atom is 0.193 e. The third-order valence-corrected chi connectivity index (χ3v) is 11.5. The van der Waals surface area contributed by atoms with Gasteiger partial charge < -0.3 is 18.9 Å². The molecule has 0 saturated heterocycles. The van der Waals surface area contributed by atoms with Gasteiger partial charge in [0.1, 0.15) is 48.6 Å². The summed E-state index contributed by atoms with van der Waals surface area (Å²) in [7, 11) is 0. The van der Waals surface area contributed by atoms with E-state index < -0.39 is 17.9 Å². The van der Waals surface area contributed by atoms with Crippen LogP contribution in [0.25, 0.3) is 0 Å². The van der Waals surface area contributed by atoms with Crippen molar-refractivity contribution in [2.24, 2.45) is 20.0 Å². The van der Waals surface area contributed by atoms with Crippen molar-refractivity contribution in [2.75, 3.05) is 0 Å². The predicted octanol–water partition coefficient (Wildman–Crippen LogP) is 6.89. The van der Waals surface area contributed by atoms with Gasteiger partial charge in [-0.15, -0.1) is 0 Å². The molecule has 0 fully saturated rings. The smallest absolute Gasteiger partial charge is 0.193 e. The second-order valence-electron chi connectivity index (χ2n) is 14.5. The van der Waals surface area contributed by atoms with Gasteiger partial charge in [-0.2, -0.15) is 0 Å². The Labute approximate surface area is 314 Å². The van der Waals surface area contributed by atoms with Gasteiger partial charge in [0.15, 0.2) is 23.6 Å². The molecule has 0 unspecified atom stereocenters. The number of aliphatic imine (C=N–C) groups is 4. The Morgan fingerprint density at radius 2 is 0.642 bits per heavy atom. The first-order valence-corrected chi connectivity index (χ1v) is 20.5. The first kappa shape index (κ1) is 32.7. The molecule has 4 aliphatic carbocycles. The van der Waals surface area contributed by atoms with Gasteiger partial charge in [0.05, 0.1) is 12.8 Å². The van der Waals surface area contributed by atoms with Gasteiger partial charge in [-0.3, -0.25) is 0 Å². The van der Waals surface area contributed by atoms with Crippen molar-refractivity contribution < 1.29 is 43.8 Å². The monoisotopic (exact) mass is 879 g/mol. The van der Waals surface area contributed by atoms with Crippen LogP contribution in [0.1, 0.15) is 81.5 Å². The summed E-state index contributed by atoms with van der Waals surface area (Å²) in [5.74, 6) is 3.10. The molecule has 8 aliphatic rings. The predicted molar refractivity (Wildman–Crippen MR) is 191 cm³/mol. The van der Waals surface area contributed by atoms with E-state index in [4.69, 9.17) is 45.9 Å². The maximum absolute atomic E-state index is 8.53. The van der Waals surface area contributed by atoms with Crippen molar-refractivity contribution in [1.29, 1.82) is 0 Å². The van der Waals surface area contributed by atoms with Crippen molar-refractivity contribution in [1.82, 2.24) is 0 Å². The summed E-state index contributed by atoms with van der Waals surface area (Å²) in [5, 5.41) is 0. The number of hydrogen-bond acceptors (Lipinski definition) is 10. The van der Waals surface area contributed by atoms with Gasteiger partial charge in [0.25, 0.3) is 0 Å². The summed E-state index contributed by atoms with van der Waals surface area (Å²) in [6.07, 6.45) is 5.52. The molecule has 0 aromatic heterocycles. The Kier molecular flexibility index (Phi) is 8.29. The van der Waals surface area contributed by atoms with Crippen LogP contribution in [0.15, 0.2) is 117 Å². The minimum atomic E-state index is -2.17. The van der Waals surface area contributed by atoms with E-state index in [0.29, 0.717) is 12.8 Å². The van der Waals surface area contributed by atoms with Gasteiger partial charge in [0.2, 0.25) is 0 Å². The standard InChI is InChI=1S/2C21H18N2O2.2O.Re/c2*1-3-7-14-12(5-1)9-16-20(14)22-18(24-16)11-19-23-21-15-8-4-2-6-13(15)10-17(21)25-19;;;/h2*1-8,16-17,20-21H,9-11H2;;;/t2*16-,17-,20+,21+;;;/m00.../s1. The van der Waals surface area contributed by atoms with Gasteiger partial charge >= 0.3 is 24.8 Å².